The van der Waals surface area contributed by atoms with Crippen LogP contribution < -0.4 is 26.6 Å². The van der Waals surface area contributed by atoms with Crippen molar-refractivity contribution in [3.8, 4) is 0 Å². The predicted octanol–water partition coefficient (Wildman–Crippen LogP) is 7.31. The normalized spacial score (nSPS) is 17.1. The van der Waals surface area contributed by atoms with E-state index in [2.05, 4.69) is 26.6 Å². The van der Waals surface area contributed by atoms with Gasteiger partial charge in [-0.25, -0.2) is 9.59 Å². The molecule has 55 heavy (non-hydrogen) atoms. The van der Waals surface area contributed by atoms with Crippen molar-refractivity contribution in [3.05, 3.63) is 59.7 Å². The van der Waals surface area contributed by atoms with Gasteiger partial charge in [0.2, 0.25) is 5.91 Å². The Balaban J connectivity index is 0.000000840. The molecule has 0 atom stereocenters. The maximum atomic E-state index is 12.5. The monoisotopic (exact) mass is 811 g/mol. The molecule has 0 spiro atoms. The first kappa shape index (κ1) is 49.3. The molecule has 4 aliphatic rings. The molecule has 310 valence electrons. The fraction of sp³-hybridized carbons (Fsp3) is 0.600. The lowest BCUT2D eigenvalue weighted by molar-refractivity contribution is -0.191. The smallest absolute Gasteiger partial charge is 0.373 e. The number of nitrogens with zero attached hydrogens (tertiary/aromatic N) is 1. The third kappa shape index (κ3) is 22.4. The molecule has 5 amide bonds. The number of benzene rings is 2. The van der Waals surface area contributed by atoms with E-state index in [0.29, 0.717) is 32.3 Å². The molecule has 2 aromatic rings. The number of ether oxygens (including phenoxy) is 2. The van der Waals surface area contributed by atoms with Crippen molar-refractivity contribution >= 4 is 58.7 Å². The fourth-order valence-electron chi connectivity index (χ4n) is 6.08. The molecule has 0 aliphatic carbocycles. The Hall–Kier alpha value is -3.71. The van der Waals surface area contributed by atoms with Gasteiger partial charge in [0.15, 0.2) is 0 Å². The number of halogens is 2. The van der Waals surface area contributed by atoms with Crippen LogP contribution in [0.2, 0.25) is 0 Å². The van der Waals surface area contributed by atoms with E-state index in [1.165, 1.54) is 24.8 Å². The summed E-state index contributed by atoms with van der Waals surface area (Å²) < 4.78 is 10.4. The lowest BCUT2D eigenvalue weighted by Crippen LogP contribution is -2.49. The first-order chi connectivity index (χ1) is 26.2. The first-order valence-corrected chi connectivity index (χ1v) is 19.8. The number of hydrogen-bond donors (Lipinski definition) is 5. The van der Waals surface area contributed by atoms with E-state index in [9.17, 15) is 14.4 Å². The summed E-state index contributed by atoms with van der Waals surface area (Å²) in [4.78, 5) is 54.6. The third-order valence-electron chi connectivity index (χ3n) is 9.08. The van der Waals surface area contributed by atoms with Gasteiger partial charge >= 0.3 is 18.2 Å². The molecule has 6 rings (SSSR count). The minimum atomic E-state index is -0.182. The maximum Gasteiger partial charge on any atom is 0.373 e. The molecule has 0 bridgehead atoms. The van der Waals surface area contributed by atoms with Crippen LogP contribution >= 0.6 is 23.2 Å². The zero-order chi connectivity index (χ0) is 39.4. The number of rotatable bonds is 5. The van der Waals surface area contributed by atoms with Crippen LogP contribution in [-0.4, -0.2) is 99.1 Å². The third-order valence-corrected chi connectivity index (χ3v) is 9.08. The average Bonchev–Trinajstić information content (AvgIpc) is 3.19. The molecule has 15 heteroatoms. The Morgan fingerprint density at radius 3 is 1.49 bits per heavy atom. The molecule has 13 nitrogen and oxygen atoms in total. The van der Waals surface area contributed by atoms with Crippen molar-refractivity contribution in [2.45, 2.75) is 91.1 Å². The van der Waals surface area contributed by atoms with Crippen molar-refractivity contribution in [3.63, 3.8) is 0 Å². The number of hydrogen-bond acceptors (Lipinski definition) is 8. The van der Waals surface area contributed by atoms with Crippen molar-refractivity contribution in [1.29, 1.82) is 0 Å². The second-order valence-corrected chi connectivity index (χ2v) is 14.1. The summed E-state index contributed by atoms with van der Waals surface area (Å²) in [5, 5.41) is 15.2. The summed E-state index contributed by atoms with van der Waals surface area (Å²) >= 11 is 9.53. The molecule has 4 aliphatic heterocycles. The number of likely N-dealkylation sites (tertiary alicyclic amines) is 1. The summed E-state index contributed by atoms with van der Waals surface area (Å²) in [6, 6.07) is 15.6. The van der Waals surface area contributed by atoms with Gasteiger partial charge in [0.1, 0.15) is 0 Å². The summed E-state index contributed by atoms with van der Waals surface area (Å²) in [6.07, 6.45) is 9.45. The molecular formula is C40H64Cl2N6O7. The Kier molecular flexibility index (Phi) is 27.3. The molecule has 4 heterocycles. The number of carbonyl (C=O) groups excluding carboxylic acids is 5. The number of alkyl halides is 2. The Morgan fingerprint density at radius 2 is 1.11 bits per heavy atom. The molecule has 0 radical (unpaired) electrons. The Bertz CT molecular complexity index is 1350. The lowest BCUT2D eigenvalue weighted by Gasteiger charge is -2.35. The largest absolute Gasteiger partial charge is 0.381 e. The van der Waals surface area contributed by atoms with Crippen LogP contribution in [0.4, 0.5) is 21.0 Å². The second kappa shape index (κ2) is 30.5. The number of aryl methyl sites for hydroxylation is 2. The van der Waals surface area contributed by atoms with Gasteiger partial charge in [0.05, 0.1) is 5.34 Å². The summed E-state index contributed by atoms with van der Waals surface area (Å²) in [5.41, 5.74) is 3.97. The van der Waals surface area contributed by atoms with Crippen molar-refractivity contribution in [2.24, 2.45) is 5.92 Å². The topological polar surface area (TPSA) is 167 Å². The highest BCUT2D eigenvalue weighted by Gasteiger charge is 2.29. The Labute approximate surface area is 338 Å². The van der Waals surface area contributed by atoms with E-state index in [0.717, 1.165) is 81.8 Å². The van der Waals surface area contributed by atoms with Crippen LogP contribution in [0.15, 0.2) is 48.5 Å². The molecule has 5 N–H and O–H groups in total. The molecule has 0 aromatic heterocycles. The zero-order valence-corrected chi connectivity index (χ0v) is 33.2. The highest BCUT2D eigenvalue weighted by molar-refractivity contribution is 6.40. The molecule has 4 saturated heterocycles. The van der Waals surface area contributed by atoms with Gasteiger partial charge in [-0.05, 0) is 109 Å². The van der Waals surface area contributed by atoms with Crippen LogP contribution in [-0.2, 0) is 23.9 Å². The van der Waals surface area contributed by atoms with E-state index in [4.69, 9.17) is 42.3 Å². The molecule has 2 aromatic carbocycles. The number of nitrogens with one attached hydrogen (secondary N) is 5. The minimum absolute atomic E-state index is 0. The maximum absolute atomic E-state index is 12.5. The van der Waals surface area contributed by atoms with E-state index in [1.807, 2.05) is 67.3 Å². The standard InChI is InChI=1S/C19H27N3O3.C13H19N3O.C5H10O.CH2Cl2.CO2.CH4.H2/c1-14-2-4-16(5-3-14)20-19(24)21-17-6-10-22(11-7-17)18(23)15-8-12-25-13-9-15;1-10-2-4-11(5-3-10)15-13(17)16-12-6-8-14-9-7-12;1-2-4-6-5-3-1;2*2-1-3;;/h2-5,15,17H,6-13H2,1H3,(H2,20,21,24);2-5,12,14H,6-9H2,1H3,(H2,15,16,17);1-5H2;1H2;;1H4;1H/i;;;;;;1+1. The van der Waals surface area contributed by atoms with E-state index in [1.54, 1.807) is 0 Å². The number of carbonyl (C=O) groups is 3. The van der Waals surface area contributed by atoms with Crippen LogP contribution in [0, 0.1) is 19.8 Å². The summed E-state index contributed by atoms with van der Waals surface area (Å²) in [7, 11) is 0. The van der Waals surface area contributed by atoms with Crippen molar-refractivity contribution < 1.29 is 34.9 Å². The van der Waals surface area contributed by atoms with Gasteiger partial charge in [0, 0.05) is 70.3 Å². The van der Waals surface area contributed by atoms with Gasteiger partial charge in [-0.2, -0.15) is 9.59 Å². The number of piperidine rings is 2. The van der Waals surface area contributed by atoms with Crippen LogP contribution in [0.5, 0.6) is 0 Å². The van der Waals surface area contributed by atoms with E-state index in [-0.39, 0.29) is 50.3 Å². The van der Waals surface area contributed by atoms with E-state index >= 15 is 0 Å². The number of urea groups is 2. The van der Waals surface area contributed by atoms with Gasteiger partial charge in [-0.1, -0.05) is 42.8 Å². The molecule has 4 fully saturated rings. The first-order valence-electron chi connectivity index (χ1n) is 18.7. The molecule has 0 unspecified atom stereocenters. The average molecular weight is 813 g/mol. The van der Waals surface area contributed by atoms with Crippen LogP contribution in [0.3, 0.4) is 0 Å². The summed E-state index contributed by atoms with van der Waals surface area (Å²) in [5.74, 6) is 0.369. The quantitative estimate of drug-likeness (QED) is 0.196. The van der Waals surface area contributed by atoms with Gasteiger partial charge in [0.25, 0.3) is 0 Å². The van der Waals surface area contributed by atoms with Gasteiger partial charge in [-0.15, -0.1) is 23.2 Å². The zero-order valence-electron chi connectivity index (χ0n) is 31.6. The fourth-order valence-corrected chi connectivity index (χ4v) is 6.08. The van der Waals surface area contributed by atoms with Crippen LogP contribution in [0.1, 0.15) is 77.8 Å². The number of amides is 5. The van der Waals surface area contributed by atoms with Gasteiger partial charge in [-0.3, -0.25) is 4.79 Å². The highest BCUT2D eigenvalue weighted by atomic mass is 35.5. The lowest BCUT2D eigenvalue weighted by atomic mass is 9.96. The Morgan fingerprint density at radius 1 is 0.709 bits per heavy atom. The van der Waals surface area contributed by atoms with Crippen molar-refractivity contribution in [1.82, 2.24) is 20.9 Å². The SMILES string of the molecule is C.C1CCOCC1.Cc1ccc(NC(=O)NC2CCN(C(=O)C3CCOCC3)CC2)cc1.Cc1ccc(NC(=O)NC2CCNCC2)cc1.ClCCl.O=C=O.[2HH]. The summed E-state index contributed by atoms with van der Waals surface area (Å²) in [6.45, 7) is 10.8. The minimum Gasteiger partial charge on any atom is -0.381 e. The van der Waals surface area contributed by atoms with Crippen LogP contribution in [0.25, 0.3) is 0 Å². The van der Waals surface area contributed by atoms with Gasteiger partial charge < -0.3 is 41.0 Å². The molecular weight excluding hydrogens is 747 g/mol. The van der Waals surface area contributed by atoms with E-state index < -0.39 is 0 Å². The molecule has 0 saturated carbocycles. The number of anilines is 2. The second-order valence-electron chi connectivity index (χ2n) is 13.3. The van der Waals surface area contributed by atoms with Crippen molar-refractivity contribution in [2.75, 3.05) is 68.6 Å². The predicted molar refractivity (Wildman–Crippen MR) is 221 cm³/mol. The highest BCUT2D eigenvalue weighted by Crippen LogP contribution is 2.21.